The van der Waals surface area contributed by atoms with E-state index in [1.54, 1.807) is 18.2 Å². The van der Waals surface area contributed by atoms with Crippen LogP contribution in [-0.2, 0) is 6.54 Å². The molecule has 1 heterocycles. The Morgan fingerprint density at radius 3 is 2.52 bits per heavy atom. The molecule has 112 valence electrons. The number of nitrogens with one attached hydrogen (secondary N) is 1. The quantitative estimate of drug-likeness (QED) is 0.879. The Morgan fingerprint density at radius 1 is 1.19 bits per heavy atom. The Morgan fingerprint density at radius 2 is 1.90 bits per heavy atom. The predicted octanol–water partition coefficient (Wildman–Crippen LogP) is 3.75. The summed E-state index contributed by atoms with van der Waals surface area (Å²) in [5.74, 6) is 2.00. The van der Waals surface area contributed by atoms with Crippen molar-refractivity contribution < 1.29 is 9.13 Å². The third kappa shape index (κ3) is 4.41. The number of hydrogen-bond donors (Lipinski definition) is 1. The summed E-state index contributed by atoms with van der Waals surface area (Å²) in [7, 11) is 0. The minimum Gasteiger partial charge on any atom is -0.478 e. The highest BCUT2D eigenvalue weighted by atomic mass is 19.1. The predicted molar refractivity (Wildman–Crippen MR) is 81.0 cm³/mol. The molecule has 0 fully saturated rings. The molecule has 4 nitrogen and oxygen atoms in total. The van der Waals surface area contributed by atoms with Crippen LogP contribution in [0.25, 0.3) is 0 Å². The van der Waals surface area contributed by atoms with E-state index in [1.165, 1.54) is 12.1 Å². The van der Waals surface area contributed by atoms with E-state index >= 15 is 0 Å². The van der Waals surface area contributed by atoms with Crippen LogP contribution in [0.15, 0.2) is 30.3 Å². The Balaban J connectivity index is 2.12. The third-order valence-corrected chi connectivity index (χ3v) is 2.92. The van der Waals surface area contributed by atoms with Gasteiger partial charge in [0.2, 0.25) is 5.88 Å². The zero-order chi connectivity index (χ0) is 15.2. The van der Waals surface area contributed by atoms with Gasteiger partial charge in [0, 0.05) is 18.5 Å². The first-order valence-electron chi connectivity index (χ1n) is 7.08. The molecule has 0 saturated carbocycles. The molecule has 0 saturated heterocycles. The SMILES string of the molecule is CCOc1cc(NCc2ccc(F)cc2)nc(C(C)C)n1. The van der Waals surface area contributed by atoms with Crippen molar-refractivity contribution in [2.24, 2.45) is 0 Å². The van der Waals surface area contributed by atoms with Gasteiger partial charge in [-0.25, -0.2) is 9.37 Å². The fourth-order valence-corrected chi connectivity index (χ4v) is 1.81. The molecule has 2 aromatic rings. The Kier molecular flexibility index (Phi) is 5.09. The van der Waals surface area contributed by atoms with Crippen LogP contribution in [0.5, 0.6) is 5.88 Å². The van der Waals surface area contributed by atoms with Gasteiger partial charge in [-0.1, -0.05) is 26.0 Å². The molecule has 5 heteroatoms. The van der Waals surface area contributed by atoms with E-state index in [0.29, 0.717) is 24.8 Å². The molecule has 0 amide bonds. The summed E-state index contributed by atoms with van der Waals surface area (Å²) in [6, 6.07) is 8.16. The second-order valence-electron chi connectivity index (χ2n) is 5.02. The number of benzene rings is 1. The van der Waals surface area contributed by atoms with E-state index in [-0.39, 0.29) is 11.7 Å². The molecule has 0 spiro atoms. The molecular weight excluding hydrogens is 269 g/mol. The smallest absolute Gasteiger partial charge is 0.218 e. The van der Waals surface area contributed by atoms with Crippen molar-refractivity contribution in [3.8, 4) is 5.88 Å². The monoisotopic (exact) mass is 289 g/mol. The Hall–Kier alpha value is -2.17. The van der Waals surface area contributed by atoms with Crippen molar-refractivity contribution >= 4 is 5.82 Å². The highest BCUT2D eigenvalue weighted by Crippen LogP contribution is 2.19. The van der Waals surface area contributed by atoms with Crippen molar-refractivity contribution in [2.45, 2.75) is 33.2 Å². The summed E-state index contributed by atoms with van der Waals surface area (Å²) in [5, 5.41) is 3.22. The van der Waals surface area contributed by atoms with E-state index in [9.17, 15) is 4.39 Å². The van der Waals surface area contributed by atoms with Crippen LogP contribution in [0.4, 0.5) is 10.2 Å². The zero-order valence-corrected chi connectivity index (χ0v) is 12.6. The van der Waals surface area contributed by atoms with Gasteiger partial charge in [-0.3, -0.25) is 0 Å². The minimum atomic E-state index is -0.235. The van der Waals surface area contributed by atoms with Gasteiger partial charge in [0.15, 0.2) is 0 Å². The maximum Gasteiger partial charge on any atom is 0.218 e. The van der Waals surface area contributed by atoms with Crippen LogP contribution in [0, 0.1) is 5.82 Å². The van der Waals surface area contributed by atoms with Crippen LogP contribution in [-0.4, -0.2) is 16.6 Å². The number of rotatable bonds is 6. The molecule has 0 bridgehead atoms. The molecule has 0 aliphatic carbocycles. The molecule has 21 heavy (non-hydrogen) atoms. The molecule has 1 aromatic carbocycles. The fourth-order valence-electron chi connectivity index (χ4n) is 1.81. The lowest BCUT2D eigenvalue weighted by atomic mass is 10.2. The first kappa shape index (κ1) is 15.2. The highest BCUT2D eigenvalue weighted by molar-refractivity contribution is 5.39. The lowest BCUT2D eigenvalue weighted by Gasteiger charge is -2.12. The Bertz CT molecular complexity index is 585. The van der Waals surface area contributed by atoms with E-state index in [1.807, 2.05) is 20.8 Å². The first-order chi connectivity index (χ1) is 10.1. The van der Waals surface area contributed by atoms with Crippen molar-refractivity contribution in [1.29, 1.82) is 0 Å². The van der Waals surface area contributed by atoms with Crippen LogP contribution in [0.1, 0.15) is 38.1 Å². The molecule has 0 aliphatic rings. The van der Waals surface area contributed by atoms with Gasteiger partial charge in [0.25, 0.3) is 0 Å². The summed E-state index contributed by atoms with van der Waals surface area (Å²) in [4.78, 5) is 8.84. The molecule has 0 radical (unpaired) electrons. The van der Waals surface area contributed by atoms with Crippen LogP contribution in [0.2, 0.25) is 0 Å². The van der Waals surface area contributed by atoms with Gasteiger partial charge in [0.1, 0.15) is 17.5 Å². The van der Waals surface area contributed by atoms with Crippen molar-refractivity contribution in [2.75, 3.05) is 11.9 Å². The standard InChI is InChI=1S/C16H20FN3O/c1-4-21-15-9-14(19-16(20-15)11(2)3)18-10-12-5-7-13(17)8-6-12/h5-9,11H,4,10H2,1-3H3,(H,18,19,20). The van der Waals surface area contributed by atoms with Gasteiger partial charge < -0.3 is 10.1 Å². The molecular formula is C16H20FN3O. The van der Waals surface area contributed by atoms with Gasteiger partial charge >= 0.3 is 0 Å². The number of ether oxygens (including phenoxy) is 1. The second-order valence-corrected chi connectivity index (χ2v) is 5.02. The van der Waals surface area contributed by atoms with E-state index < -0.39 is 0 Å². The van der Waals surface area contributed by atoms with Gasteiger partial charge in [-0.05, 0) is 24.6 Å². The van der Waals surface area contributed by atoms with Crippen LogP contribution >= 0.6 is 0 Å². The molecule has 1 aromatic heterocycles. The topological polar surface area (TPSA) is 47.0 Å². The first-order valence-corrected chi connectivity index (χ1v) is 7.08. The summed E-state index contributed by atoms with van der Waals surface area (Å²) < 4.78 is 18.3. The summed E-state index contributed by atoms with van der Waals surface area (Å²) in [6.07, 6.45) is 0. The number of halogens is 1. The lowest BCUT2D eigenvalue weighted by Crippen LogP contribution is -2.07. The number of nitrogens with zero attached hydrogens (tertiary/aromatic N) is 2. The number of hydrogen-bond acceptors (Lipinski definition) is 4. The van der Waals surface area contributed by atoms with Gasteiger partial charge in [-0.15, -0.1) is 0 Å². The third-order valence-electron chi connectivity index (χ3n) is 2.92. The maximum atomic E-state index is 12.9. The number of anilines is 1. The van der Waals surface area contributed by atoms with Gasteiger partial charge in [0.05, 0.1) is 6.61 Å². The van der Waals surface area contributed by atoms with Crippen molar-refractivity contribution in [3.63, 3.8) is 0 Å². The summed E-state index contributed by atoms with van der Waals surface area (Å²) in [5.41, 5.74) is 0.985. The summed E-state index contributed by atoms with van der Waals surface area (Å²) in [6.45, 7) is 7.12. The average molecular weight is 289 g/mol. The average Bonchev–Trinajstić information content (AvgIpc) is 2.47. The van der Waals surface area contributed by atoms with Crippen LogP contribution in [0.3, 0.4) is 0 Å². The molecule has 0 unspecified atom stereocenters. The molecule has 0 atom stereocenters. The highest BCUT2D eigenvalue weighted by Gasteiger charge is 2.08. The van der Waals surface area contributed by atoms with E-state index in [2.05, 4.69) is 15.3 Å². The fraction of sp³-hybridized carbons (Fsp3) is 0.375. The Labute approximate surface area is 124 Å². The zero-order valence-electron chi connectivity index (χ0n) is 12.6. The normalized spacial score (nSPS) is 10.7. The van der Waals surface area contributed by atoms with E-state index in [0.717, 1.165) is 11.4 Å². The molecule has 2 rings (SSSR count). The minimum absolute atomic E-state index is 0.219. The lowest BCUT2D eigenvalue weighted by molar-refractivity contribution is 0.324. The van der Waals surface area contributed by atoms with E-state index in [4.69, 9.17) is 4.74 Å². The van der Waals surface area contributed by atoms with Crippen molar-refractivity contribution in [1.82, 2.24) is 9.97 Å². The van der Waals surface area contributed by atoms with Crippen molar-refractivity contribution in [3.05, 3.63) is 47.5 Å². The molecule has 0 aliphatic heterocycles. The largest absolute Gasteiger partial charge is 0.478 e. The number of aromatic nitrogens is 2. The maximum absolute atomic E-state index is 12.9. The molecule has 1 N–H and O–H groups in total. The van der Waals surface area contributed by atoms with Gasteiger partial charge in [-0.2, -0.15) is 4.98 Å². The second kappa shape index (κ2) is 7.02. The van der Waals surface area contributed by atoms with Crippen LogP contribution < -0.4 is 10.1 Å². The summed E-state index contributed by atoms with van der Waals surface area (Å²) >= 11 is 0.